The average Bonchev–Trinajstić information content (AvgIpc) is 1.39. The molecular weight excluding hydrogens is 139 g/mol. The van der Waals surface area contributed by atoms with E-state index in [2.05, 4.69) is 12.6 Å². The molecule has 0 amide bonds. The van der Waals surface area contributed by atoms with Crippen LogP contribution in [0, 0.1) is 22.2 Å². The SMILES string of the molecule is N#CO.N#CS.[KH]. The van der Waals surface area contributed by atoms with Crippen LogP contribution in [0.2, 0.25) is 0 Å². The number of nitrogens with zero attached hydrogens (tertiary/aromatic N) is 2. The Labute approximate surface area is 89.8 Å². The molecule has 1 N–H and O–H groups in total. The second kappa shape index (κ2) is 29.4. The molecule has 0 radical (unpaired) electrons. The monoisotopic (exact) mass is 142 g/mol. The Hall–Kier alpha value is 0.766. The van der Waals surface area contributed by atoms with Gasteiger partial charge in [-0.2, -0.15) is 10.5 Å². The molecule has 0 spiro atoms. The van der Waals surface area contributed by atoms with E-state index in [4.69, 9.17) is 15.6 Å². The zero-order chi connectivity index (χ0) is 5.41. The molecule has 0 atom stereocenters. The third-order valence-corrected chi connectivity index (χ3v) is 0. The summed E-state index contributed by atoms with van der Waals surface area (Å²) in [6.45, 7) is 0. The number of thiol groups is 1. The van der Waals surface area contributed by atoms with Crippen LogP contribution in [0.25, 0.3) is 0 Å². The van der Waals surface area contributed by atoms with E-state index in [9.17, 15) is 0 Å². The van der Waals surface area contributed by atoms with Crippen LogP contribution in [0.5, 0.6) is 0 Å². The Morgan fingerprint density at radius 3 is 1.43 bits per heavy atom. The van der Waals surface area contributed by atoms with E-state index >= 15 is 0 Å². The van der Waals surface area contributed by atoms with Gasteiger partial charge in [0.1, 0.15) is 5.40 Å². The van der Waals surface area contributed by atoms with Crippen molar-refractivity contribution in [1.29, 1.82) is 10.5 Å². The zero-order valence-corrected chi connectivity index (χ0v) is 3.68. The van der Waals surface area contributed by atoms with Crippen molar-refractivity contribution in [3.05, 3.63) is 0 Å². The molecule has 0 aromatic carbocycles. The molecule has 5 heteroatoms. The first-order valence-electron chi connectivity index (χ1n) is 0.894. The van der Waals surface area contributed by atoms with Gasteiger partial charge in [0.05, 0.1) is 0 Å². The normalized spacial score (nSPS) is 2.14. The number of rotatable bonds is 0. The summed E-state index contributed by atoms with van der Waals surface area (Å²) in [5.74, 6) is 0. The van der Waals surface area contributed by atoms with E-state index in [1.807, 2.05) is 0 Å². The Kier molecular flexibility index (Phi) is 65.7. The van der Waals surface area contributed by atoms with Crippen LogP contribution in [0.15, 0.2) is 0 Å². The van der Waals surface area contributed by atoms with Gasteiger partial charge >= 0.3 is 51.4 Å². The molecule has 34 valence electrons. The summed E-state index contributed by atoms with van der Waals surface area (Å²) in [5, 5.41) is 22.4. The van der Waals surface area contributed by atoms with E-state index in [1.54, 1.807) is 0 Å². The van der Waals surface area contributed by atoms with Crippen molar-refractivity contribution >= 4 is 64.0 Å². The number of hydrogen-bond donors (Lipinski definition) is 2. The van der Waals surface area contributed by atoms with Crippen molar-refractivity contribution in [3.63, 3.8) is 0 Å². The fourth-order valence-corrected chi connectivity index (χ4v) is 0. The van der Waals surface area contributed by atoms with Gasteiger partial charge in [0.25, 0.3) is 6.26 Å². The number of thiocyanates is 1. The first kappa shape index (κ1) is 15.7. The molecule has 0 saturated carbocycles. The molecular formula is C2H3KN2OS. The molecule has 0 saturated heterocycles. The molecule has 0 aromatic rings. The summed E-state index contributed by atoms with van der Waals surface area (Å²) in [6, 6.07) is 0. The quantitative estimate of drug-likeness (QED) is 0.274. The van der Waals surface area contributed by atoms with Gasteiger partial charge in [-0.25, -0.2) is 0 Å². The van der Waals surface area contributed by atoms with Crippen LogP contribution in [0.1, 0.15) is 0 Å². The number of hydrogen-bond acceptors (Lipinski definition) is 4. The standard InChI is InChI=1S/CHNO.CHNS.K.H/c2*2-1-3;;/h2*3H;;. The second-order valence-electron chi connectivity index (χ2n) is 0.200. The first-order chi connectivity index (χ1) is 2.83. The van der Waals surface area contributed by atoms with E-state index in [0.29, 0.717) is 0 Å². The van der Waals surface area contributed by atoms with Gasteiger partial charge in [0.15, 0.2) is 0 Å². The van der Waals surface area contributed by atoms with E-state index in [1.165, 1.54) is 5.40 Å². The maximum absolute atomic E-state index is 7.18. The van der Waals surface area contributed by atoms with E-state index in [0.717, 1.165) is 6.26 Å². The van der Waals surface area contributed by atoms with Crippen LogP contribution in [0.3, 0.4) is 0 Å². The Bertz CT molecular complexity index is 70.7. The fourth-order valence-electron chi connectivity index (χ4n) is 0. The number of aliphatic hydroxyl groups excluding tert-OH is 1. The Morgan fingerprint density at radius 2 is 1.43 bits per heavy atom. The van der Waals surface area contributed by atoms with Gasteiger partial charge < -0.3 is 5.11 Å². The van der Waals surface area contributed by atoms with Crippen LogP contribution in [0.4, 0.5) is 0 Å². The van der Waals surface area contributed by atoms with Gasteiger partial charge in [-0.15, -0.1) is 0 Å². The predicted octanol–water partition coefficient (Wildman–Crippen LogP) is -0.411. The molecule has 0 aliphatic rings. The van der Waals surface area contributed by atoms with Crippen molar-refractivity contribution in [3.8, 4) is 11.7 Å². The molecule has 0 unspecified atom stereocenters. The third kappa shape index (κ3) is 262. The van der Waals surface area contributed by atoms with Crippen LogP contribution in [-0.4, -0.2) is 56.5 Å². The van der Waals surface area contributed by atoms with Gasteiger partial charge in [0, 0.05) is 0 Å². The molecule has 7 heavy (non-hydrogen) atoms. The molecule has 0 aliphatic heterocycles. The number of aliphatic hydroxyl groups is 1. The van der Waals surface area contributed by atoms with Crippen molar-refractivity contribution < 1.29 is 5.11 Å². The molecule has 0 fully saturated rings. The predicted molar refractivity (Wildman–Crippen MR) is 29.3 cm³/mol. The van der Waals surface area contributed by atoms with Crippen molar-refractivity contribution in [1.82, 2.24) is 0 Å². The van der Waals surface area contributed by atoms with Crippen LogP contribution < -0.4 is 0 Å². The van der Waals surface area contributed by atoms with Gasteiger partial charge in [-0.1, -0.05) is 12.6 Å². The summed E-state index contributed by atoms with van der Waals surface area (Å²) in [7, 11) is 0. The van der Waals surface area contributed by atoms with Gasteiger partial charge in [0.2, 0.25) is 0 Å². The maximum atomic E-state index is 7.18. The number of nitriles is 2. The summed E-state index contributed by atoms with van der Waals surface area (Å²) in [5.41, 5.74) is 0. The molecule has 0 heterocycles. The molecule has 3 nitrogen and oxygen atoms in total. The van der Waals surface area contributed by atoms with Gasteiger partial charge in [-0.05, 0) is 0 Å². The van der Waals surface area contributed by atoms with E-state index in [-0.39, 0.29) is 51.4 Å². The third-order valence-electron chi connectivity index (χ3n) is 0. The Morgan fingerprint density at radius 1 is 1.43 bits per heavy atom. The molecule has 0 aliphatic carbocycles. The van der Waals surface area contributed by atoms with Crippen molar-refractivity contribution in [2.24, 2.45) is 0 Å². The second-order valence-corrected chi connectivity index (χ2v) is 0.400. The summed E-state index contributed by atoms with van der Waals surface area (Å²) in [4.78, 5) is 0. The molecule has 0 bridgehead atoms. The molecule has 0 rings (SSSR count). The minimum atomic E-state index is 0. The zero-order valence-electron chi connectivity index (χ0n) is 2.79. The summed E-state index contributed by atoms with van der Waals surface area (Å²) in [6.07, 6.45) is 0.750. The van der Waals surface area contributed by atoms with Crippen molar-refractivity contribution in [2.45, 2.75) is 0 Å². The van der Waals surface area contributed by atoms with Crippen LogP contribution >= 0.6 is 12.6 Å². The Balaban J connectivity index is -0.0000000400. The van der Waals surface area contributed by atoms with Crippen LogP contribution in [-0.2, 0) is 0 Å². The summed E-state index contributed by atoms with van der Waals surface area (Å²) >= 11 is 3.09. The van der Waals surface area contributed by atoms with Crippen molar-refractivity contribution in [2.75, 3.05) is 0 Å². The van der Waals surface area contributed by atoms with Gasteiger partial charge in [-0.3, -0.25) is 0 Å². The first-order valence-corrected chi connectivity index (χ1v) is 1.34. The minimum absolute atomic E-state index is 0. The average molecular weight is 142 g/mol. The summed E-state index contributed by atoms with van der Waals surface area (Å²) < 4.78 is 0. The molecule has 0 aromatic heterocycles. The van der Waals surface area contributed by atoms with E-state index < -0.39 is 0 Å². The topological polar surface area (TPSA) is 67.8 Å². The fraction of sp³-hybridized carbons (Fsp3) is 0.